The highest BCUT2D eigenvalue weighted by Crippen LogP contribution is 2.63. The third-order valence-electron chi connectivity index (χ3n) is 7.41. The smallest absolute Gasteiger partial charge is 0.102 e. The van der Waals surface area contributed by atoms with E-state index in [0.29, 0.717) is 5.92 Å². The van der Waals surface area contributed by atoms with Crippen LogP contribution in [0.5, 0.6) is 0 Å². The van der Waals surface area contributed by atoms with Gasteiger partial charge in [-0.2, -0.15) is 0 Å². The second-order valence-electron chi connectivity index (χ2n) is 11.8. The molecule has 0 aliphatic rings. The highest BCUT2D eigenvalue weighted by atomic mass is 32.1. The molecule has 0 spiro atoms. The van der Waals surface area contributed by atoms with Gasteiger partial charge in [-0.15, -0.1) is 11.3 Å². The summed E-state index contributed by atoms with van der Waals surface area (Å²) in [6, 6.07) is 0. The van der Waals surface area contributed by atoms with E-state index in [2.05, 4.69) is 90.0 Å². The summed E-state index contributed by atoms with van der Waals surface area (Å²) in [7, 11) is 0. The van der Waals surface area contributed by atoms with Crippen molar-refractivity contribution >= 4 is 11.3 Å². The normalized spacial score (nSPS) is 16.9. The van der Waals surface area contributed by atoms with E-state index in [1.165, 1.54) is 16.0 Å². The molecular weight excluding hydrogens is 336 g/mol. The Bertz CT molecular complexity index is 631. The van der Waals surface area contributed by atoms with Gasteiger partial charge in [-0.1, -0.05) is 69.2 Å². The fraction of sp³-hybridized carbons (Fsp3) is 0.833. The molecule has 1 heterocycles. The molecule has 0 radical (unpaired) electrons. The van der Waals surface area contributed by atoms with Gasteiger partial charge in [0.15, 0.2) is 0 Å². The van der Waals surface area contributed by atoms with Gasteiger partial charge in [0.05, 0.1) is 0 Å². The van der Waals surface area contributed by atoms with Crippen molar-refractivity contribution in [1.82, 2.24) is 0 Å². The first-order chi connectivity index (χ1) is 11.2. The zero-order chi connectivity index (χ0) is 21.1. The average Bonchev–Trinajstić information content (AvgIpc) is 2.62. The van der Waals surface area contributed by atoms with E-state index >= 15 is 0 Å². The van der Waals surface area contributed by atoms with Crippen molar-refractivity contribution < 1.29 is 5.11 Å². The number of rotatable bonds is 4. The average molecular weight is 381 g/mol. The molecular formula is C24H44OS. The predicted molar refractivity (Wildman–Crippen MR) is 118 cm³/mol. The van der Waals surface area contributed by atoms with Crippen LogP contribution in [0.3, 0.4) is 0 Å². The van der Waals surface area contributed by atoms with Gasteiger partial charge < -0.3 is 5.11 Å². The fourth-order valence-electron chi connectivity index (χ4n) is 5.94. The van der Waals surface area contributed by atoms with Crippen LogP contribution in [0.1, 0.15) is 97.0 Å². The second kappa shape index (κ2) is 6.62. The second-order valence-corrected chi connectivity index (χ2v) is 13.0. The molecule has 152 valence electrons. The van der Waals surface area contributed by atoms with Gasteiger partial charge in [-0.25, -0.2) is 0 Å². The summed E-state index contributed by atoms with van der Waals surface area (Å²) in [5.74, 6) is 0.437. The van der Waals surface area contributed by atoms with Crippen LogP contribution in [0.4, 0.5) is 0 Å². The van der Waals surface area contributed by atoms with E-state index in [-0.39, 0.29) is 21.7 Å². The number of hydrogen-bond donors (Lipinski definition) is 1. The quantitative estimate of drug-likeness (QED) is 0.569. The van der Waals surface area contributed by atoms with E-state index < -0.39 is 5.60 Å². The lowest BCUT2D eigenvalue weighted by atomic mass is 9.45. The van der Waals surface area contributed by atoms with Crippen LogP contribution in [-0.4, -0.2) is 5.11 Å². The topological polar surface area (TPSA) is 20.2 Å². The van der Waals surface area contributed by atoms with E-state index in [0.717, 1.165) is 4.88 Å². The fourth-order valence-corrected chi connectivity index (χ4v) is 7.31. The molecule has 1 aromatic rings. The van der Waals surface area contributed by atoms with E-state index in [4.69, 9.17) is 0 Å². The molecule has 0 saturated heterocycles. The Kier molecular flexibility index (Phi) is 6.04. The molecule has 1 nitrogen and oxygen atoms in total. The highest BCUT2D eigenvalue weighted by molar-refractivity contribution is 7.12. The van der Waals surface area contributed by atoms with Crippen LogP contribution in [0, 0.1) is 48.3 Å². The lowest BCUT2D eigenvalue weighted by molar-refractivity contribution is -0.173. The molecule has 1 N–H and O–H groups in total. The Morgan fingerprint density at radius 2 is 1.08 bits per heavy atom. The SMILES string of the molecule is Cc1sc([C@@](C)(O)C(C)(C)C(C)(C)C(C(C)(C)C)C(C)(C)C)c(C)c1C. The van der Waals surface area contributed by atoms with Crippen molar-refractivity contribution in [3.8, 4) is 0 Å². The maximum absolute atomic E-state index is 12.0. The minimum absolute atomic E-state index is 0.0781. The molecule has 26 heavy (non-hydrogen) atoms. The lowest BCUT2D eigenvalue weighted by Gasteiger charge is -2.60. The maximum Gasteiger partial charge on any atom is 0.102 e. The van der Waals surface area contributed by atoms with Crippen LogP contribution in [0.25, 0.3) is 0 Å². The first-order valence-electron chi connectivity index (χ1n) is 10.00. The molecule has 0 unspecified atom stereocenters. The van der Waals surface area contributed by atoms with Gasteiger partial charge in [0, 0.05) is 15.2 Å². The monoisotopic (exact) mass is 380 g/mol. The van der Waals surface area contributed by atoms with Crippen molar-refractivity contribution in [1.29, 1.82) is 0 Å². The van der Waals surface area contributed by atoms with Crippen LogP contribution in [-0.2, 0) is 5.60 Å². The summed E-state index contributed by atoms with van der Waals surface area (Å²) >= 11 is 1.77. The van der Waals surface area contributed by atoms with Crippen LogP contribution in [0.2, 0.25) is 0 Å². The molecule has 1 atom stereocenters. The molecule has 0 amide bonds. The van der Waals surface area contributed by atoms with E-state index in [1.54, 1.807) is 11.3 Å². The van der Waals surface area contributed by atoms with Gasteiger partial charge in [0.25, 0.3) is 0 Å². The van der Waals surface area contributed by atoms with Crippen molar-refractivity contribution in [3.63, 3.8) is 0 Å². The van der Waals surface area contributed by atoms with Crippen molar-refractivity contribution in [3.05, 3.63) is 20.9 Å². The number of thiophene rings is 1. The largest absolute Gasteiger partial charge is 0.384 e. The summed E-state index contributed by atoms with van der Waals surface area (Å²) in [4.78, 5) is 2.45. The van der Waals surface area contributed by atoms with Gasteiger partial charge in [-0.05, 0) is 61.0 Å². The number of aliphatic hydroxyl groups is 1. The predicted octanol–water partition coefficient (Wildman–Crippen LogP) is 7.64. The molecule has 1 rings (SSSR count). The number of aryl methyl sites for hydroxylation is 1. The molecule has 0 saturated carbocycles. The summed E-state index contributed by atoms with van der Waals surface area (Å²) in [5, 5.41) is 12.0. The summed E-state index contributed by atoms with van der Waals surface area (Å²) in [6.45, 7) is 31.9. The Labute approximate surface area is 167 Å². The highest BCUT2D eigenvalue weighted by Gasteiger charge is 2.58. The third kappa shape index (κ3) is 3.65. The minimum atomic E-state index is -0.890. The van der Waals surface area contributed by atoms with Crippen molar-refractivity contribution in [2.45, 2.75) is 103 Å². The van der Waals surface area contributed by atoms with Crippen LogP contribution >= 0.6 is 11.3 Å². The van der Waals surface area contributed by atoms with Crippen molar-refractivity contribution in [2.75, 3.05) is 0 Å². The first-order valence-corrected chi connectivity index (χ1v) is 10.8. The molecule has 0 aromatic carbocycles. The third-order valence-corrected chi connectivity index (χ3v) is 8.93. The van der Waals surface area contributed by atoms with Crippen LogP contribution in [0.15, 0.2) is 0 Å². The van der Waals surface area contributed by atoms with E-state index in [9.17, 15) is 5.11 Å². The van der Waals surface area contributed by atoms with E-state index in [1.807, 2.05) is 6.92 Å². The molecule has 1 aromatic heterocycles. The minimum Gasteiger partial charge on any atom is -0.384 e. The standard InChI is InChI=1S/C24H44OS/c1-15-16(2)18(26-17(15)3)24(14,25)23(12,13)22(10,11)19(20(4,5)6)21(7,8)9/h19,25H,1-14H3/t24-/m1/s1. The summed E-state index contributed by atoms with van der Waals surface area (Å²) in [6.07, 6.45) is 0. The van der Waals surface area contributed by atoms with Gasteiger partial charge >= 0.3 is 0 Å². The molecule has 0 bridgehead atoms. The molecule has 0 aliphatic heterocycles. The lowest BCUT2D eigenvalue weighted by Crippen LogP contribution is -2.57. The molecule has 0 aliphatic carbocycles. The Balaban J connectivity index is 3.65. The zero-order valence-corrected chi connectivity index (χ0v) is 20.7. The first kappa shape index (κ1) is 23.7. The van der Waals surface area contributed by atoms with Gasteiger partial charge in [-0.3, -0.25) is 0 Å². The Morgan fingerprint density at radius 3 is 1.35 bits per heavy atom. The summed E-state index contributed by atoms with van der Waals surface area (Å²) < 4.78 is 0. The van der Waals surface area contributed by atoms with Gasteiger partial charge in [0.1, 0.15) is 5.60 Å². The Hall–Kier alpha value is -0.340. The van der Waals surface area contributed by atoms with Gasteiger partial charge in [0.2, 0.25) is 0 Å². The summed E-state index contributed by atoms with van der Waals surface area (Å²) in [5.41, 5.74) is 1.59. The maximum atomic E-state index is 12.0. The zero-order valence-electron chi connectivity index (χ0n) is 19.9. The molecule has 2 heteroatoms. The molecule has 0 fully saturated rings. The van der Waals surface area contributed by atoms with Crippen molar-refractivity contribution in [2.24, 2.45) is 27.6 Å². The Morgan fingerprint density at radius 1 is 0.692 bits per heavy atom. The number of hydrogen-bond acceptors (Lipinski definition) is 2. The van der Waals surface area contributed by atoms with Crippen LogP contribution < -0.4 is 0 Å².